The van der Waals surface area contributed by atoms with Gasteiger partial charge in [-0.05, 0) is 29.2 Å². The van der Waals surface area contributed by atoms with Gasteiger partial charge in [-0.2, -0.15) is 5.10 Å². The molecule has 0 unspecified atom stereocenters. The van der Waals surface area contributed by atoms with Crippen molar-refractivity contribution >= 4 is 23.7 Å². The summed E-state index contributed by atoms with van der Waals surface area (Å²) in [4.78, 5) is 11.7. The molecule has 0 saturated carbocycles. The third-order valence-corrected chi connectivity index (χ3v) is 3.51. The Morgan fingerprint density at radius 2 is 1.91 bits per heavy atom. The van der Waals surface area contributed by atoms with Gasteiger partial charge in [-0.3, -0.25) is 4.79 Å². The van der Waals surface area contributed by atoms with Crippen LogP contribution in [0.4, 0.5) is 0 Å². The average Bonchev–Trinajstić information content (AvgIpc) is 2.54. The van der Waals surface area contributed by atoms with Crippen LogP contribution in [-0.4, -0.2) is 18.7 Å². The third kappa shape index (κ3) is 5.42. The lowest BCUT2D eigenvalue weighted by Crippen LogP contribution is -2.24. The number of ether oxygens (including phenoxy) is 1. The maximum atomic E-state index is 11.7. The van der Waals surface area contributed by atoms with Crippen LogP contribution in [0.15, 0.2) is 53.6 Å². The lowest BCUT2D eigenvalue weighted by atomic mass is 10.0. The van der Waals surface area contributed by atoms with Gasteiger partial charge in [0.2, 0.25) is 0 Å². The van der Waals surface area contributed by atoms with Crippen molar-refractivity contribution in [2.45, 2.75) is 19.8 Å². The fraction of sp³-hybridized carbons (Fsp3) is 0.222. The van der Waals surface area contributed by atoms with Crippen molar-refractivity contribution in [3.8, 4) is 5.75 Å². The van der Waals surface area contributed by atoms with E-state index in [1.165, 1.54) is 5.56 Å². The third-order valence-electron chi connectivity index (χ3n) is 3.20. The first-order chi connectivity index (χ1) is 11.1. The van der Waals surface area contributed by atoms with Gasteiger partial charge in [0.15, 0.2) is 6.61 Å². The van der Waals surface area contributed by atoms with Gasteiger partial charge in [0, 0.05) is 0 Å². The summed E-state index contributed by atoms with van der Waals surface area (Å²) >= 11 is 5.94. The normalized spacial score (nSPS) is 11.0. The van der Waals surface area contributed by atoms with Gasteiger partial charge in [0.1, 0.15) is 5.75 Å². The number of halogens is 1. The molecule has 120 valence electrons. The molecule has 0 heterocycles. The first kappa shape index (κ1) is 17.0. The Kier molecular flexibility index (Phi) is 6.18. The molecule has 0 radical (unpaired) electrons. The molecule has 0 aliphatic rings. The highest BCUT2D eigenvalue weighted by molar-refractivity contribution is 6.32. The summed E-state index contributed by atoms with van der Waals surface area (Å²) in [5.41, 5.74) is 4.60. The fourth-order valence-corrected chi connectivity index (χ4v) is 2.07. The van der Waals surface area contributed by atoms with Gasteiger partial charge >= 0.3 is 0 Å². The molecule has 1 N–H and O–H groups in total. The molecule has 23 heavy (non-hydrogen) atoms. The Bertz CT molecular complexity index is 682. The number of carbonyl (C=O) groups excluding carboxylic acids is 1. The summed E-state index contributed by atoms with van der Waals surface area (Å²) in [5, 5.41) is 4.38. The van der Waals surface area contributed by atoms with E-state index in [9.17, 15) is 4.79 Å². The van der Waals surface area contributed by atoms with Crippen molar-refractivity contribution in [3.63, 3.8) is 0 Å². The summed E-state index contributed by atoms with van der Waals surface area (Å²) in [5.74, 6) is 0.611. The molecule has 0 fully saturated rings. The minimum absolute atomic E-state index is 0.145. The second-order valence-corrected chi connectivity index (χ2v) is 5.74. The number of carbonyl (C=O) groups is 1. The smallest absolute Gasteiger partial charge is 0.277 e. The molecule has 0 aliphatic heterocycles. The van der Waals surface area contributed by atoms with E-state index in [0.717, 1.165) is 5.56 Å². The minimum atomic E-state index is -0.347. The number of hydrogen-bond acceptors (Lipinski definition) is 3. The van der Waals surface area contributed by atoms with Crippen LogP contribution in [0.1, 0.15) is 30.9 Å². The van der Waals surface area contributed by atoms with Crippen LogP contribution in [0, 0.1) is 0 Å². The average molecular weight is 331 g/mol. The van der Waals surface area contributed by atoms with Gasteiger partial charge < -0.3 is 4.74 Å². The Labute approximate surface area is 141 Å². The second-order valence-electron chi connectivity index (χ2n) is 5.33. The number of nitrogens with zero attached hydrogens (tertiary/aromatic N) is 1. The van der Waals surface area contributed by atoms with Crippen molar-refractivity contribution < 1.29 is 9.53 Å². The Morgan fingerprint density at radius 1 is 1.22 bits per heavy atom. The number of rotatable bonds is 6. The summed E-state index contributed by atoms with van der Waals surface area (Å²) < 4.78 is 5.33. The van der Waals surface area contributed by atoms with Gasteiger partial charge in [-0.15, -0.1) is 0 Å². The lowest BCUT2D eigenvalue weighted by Gasteiger charge is -2.06. The van der Waals surface area contributed by atoms with E-state index in [-0.39, 0.29) is 12.5 Å². The van der Waals surface area contributed by atoms with E-state index in [0.29, 0.717) is 16.7 Å². The lowest BCUT2D eigenvalue weighted by molar-refractivity contribution is -0.123. The molecule has 0 bridgehead atoms. The molecular formula is C18H19ClN2O2. The quantitative estimate of drug-likeness (QED) is 0.643. The SMILES string of the molecule is CC(C)c1ccc(C=NNC(=O)COc2ccccc2Cl)cc1. The van der Waals surface area contributed by atoms with Gasteiger partial charge in [0.05, 0.1) is 11.2 Å². The van der Waals surface area contributed by atoms with E-state index in [1.807, 2.05) is 24.3 Å². The van der Waals surface area contributed by atoms with Gasteiger partial charge in [-0.25, -0.2) is 5.43 Å². The highest BCUT2D eigenvalue weighted by Crippen LogP contribution is 2.22. The number of hydrazone groups is 1. The predicted octanol–water partition coefficient (Wildman–Crippen LogP) is 3.99. The van der Waals surface area contributed by atoms with Crippen molar-refractivity contribution in [1.29, 1.82) is 0 Å². The highest BCUT2D eigenvalue weighted by atomic mass is 35.5. The van der Waals surface area contributed by atoms with Crippen molar-refractivity contribution in [3.05, 3.63) is 64.7 Å². The zero-order chi connectivity index (χ0) is 16.7. The molecule has 1 amide bonds. The number of para-hydroxylation sites is 1. The first-order valence-corrected chi connectivity index (χ1v) is 7.73. The molecule has 2 aromatic carbocycles. The van der Waals surface area contributed by atoms with E-state index in [4.69, 9.17) is 16.3 Å². The molecule has 2 rings (SSSR count). The van der Waals surface area contributed by atoms with Crippen molar-refractivity contribution in [1.82, 2.24) is 5.43 Å². The number of benzene rings is 2. The molecular weight excluding hydrogens is 312 g/mol. The van der Waals surface area contributed by atoms with E-state index >= 15 is 0 Å². The largest absolute Gasteiger partial charge is 0.482 e. The molecule has 0 atom stereocenters. The predicted molar refractivity (Wildman–Crippen MR) is 93.2 cm³/mol. The van der Waals surface area contributed by atoms with Crippen LogP contribution < -0.4 is 10.2 Å². The van der Waals surface area contributed by atoms with Crippen LogP contribution >= 0.6 is 11.6 Å². The van der Waals surface area contributed by atoms with E-state index in [1.54, 1.807) is 30.5 Å². The monoisotopic (exact) mass is 330 g/mol. The standard InChI is InChI=1S/C18H19ClN2O2/c1-13(2)15-9-7-14(8-10-15)11-20-21-18(22)12-23-17-6-4-3-5-16(17)19/h3-11,13H,12H2,1-2H3,(H,21,22). The Hall–Kier alpha value is -2.33. The molecule has 2 aromatic rings. The van der Waals surface area contributed by atoms with E-state index < -0.39 is 0 Å². The fourth-order valence-electron chi connectivity index (χ4n) is 1.88. The maximum Gasteiger partial charge on any atom is 0.277 e. The first-order valence-electron chi connectivity index (χ1n) is 7.35. The highest BCUT2D eigenvalue weighted by Gasteiger charge is 2.04. The molecule has 4 nitrogen and oxygen atoms in total. The zero-order valence-corrected chi connectivity index (χ0v) is 13.9. The molecule has 5 heteroatoms. The van der Waals surface area contributed by atoms with Crippen LogP contribution in [0.25, 0.3) is 0 Å². The number of nitrogens with one attached hydrogen (secondary N) is 1. The molecule has 0 saturated heterocycles. The van der Waals surface area contributed by atoms with Crippen LogP contribution in [-0.2, 0) is 4.79 Å². The zero-order valence-electron chi connectivity index (χ0n) is 13.1. The summed E-state index contributed by atoms with van der Waals surface area (Å²) in [6.07, 6.45) is 1.59. The maximum absolute atomic E-state index is 11.7. The second kappa shape index (κ2) is 8.34. The molecule has 0 aliphatic carbocycles. The van der Waals surface area contributed by atoms with E-state index in [2.05, 4.69) is 24.4 Å². The van der Waals surface area contributed by atoms with Gasteiger partial charge in [-0.1, -0.05) is 61.8 Å². The van der Waals surface area contributed by atoms with Crippen LogP contribution in [0.2, 0.25) is 5.02 Å². The number of amides is 1. The molecule has 0 aromatic heterocycles. The Balaban J connectivity index is 1.80. The summed E-state index contributed by atoms with van der Waals surface area (Å²) in [6, 6.07) is 15.0. The van der Waals surface area contributed by atoms with Crippen LogP contribution in [0.5, 0.6) is 5.75 Å². The summed E-state index contributed by atoms with van der Waals surface area (Å²) in [6.45, 7) is 4.14. The summed E-state index contributed by atoms with van der Waals surface area (Å²) in [7, 11) is 0. The van der Waals surface area contributed by atoms with Gasteiger partial charge in [0.25, 0.3) is 5.91 Å². The number of hydrogen-bond donors (Lipinski definition) is 1. The minimum Gasteiger partial charge on any atom is -0.482 e. The molecule has 0 spiro atoms. The topological polar surface area (TPSA) is 50.7 Å². The van der Waals surface area contributed by atoms with Crippen molar-refractivity contribution in [2.24, 2.45) is 5.10 Å². The Morgan fingerprint density at radius 3 is 2.57 bits per heavy atom. The van der Waals surface area contributed by atoms with Crippen LogP contribution in [0.3, 0.4) is 0 Å². The van der Waals surface area contributed by atoms with Crippen molar-refractivity contribution in [2.75, 3.05) is 6.61 Å².